The van der Waals surface area contributed by atoms with Gasteiger partial charge in [-0.15, -0.1) is 5.10 Å². The number of nitrogens with one attached hydrogen (secondary N) is 1. The van der Waals surface area contributed by atoms with E-state index in [1.165, 1.54) is 12.1 Å². The molecule has 10 heteroatoms. The van der Waals surface area contributed by atoms with Crippen molar-refractivity contribution in [3.8, 4) is 11.5 Å². The molecule has 0 amide bonds. The molecule has 0 unspecified atom stereocenters. The van der Waals surface area contributed by atoms with Gasteiger partial charge in [-0.2, -0.15) is 0 Å². The third-order valence-electron chi connectivity index (χ3n) is 7.66. The predicted molar refractivity (Wildman–Crippen MR) is 141 cm³/mol. The lowest BCUT2D eigenvalue weighted by Gasteiger charge is -2.35. The van der Waals surface area contributed by atoms with E-state index in [0.29, 0.717) is 41.5 Å². The average Bonchev–Trinajstić information content (AvgIpc) is 3.59. The minimum absolute atomic E-state index is 0.156. The second kappa shape index (κ2) is 9.36. The summed E-state index contributed by atoms with van der Waals surface area (Å²) in [6.45, 7) is 7.66. The van der Waals surface area contributed by atoms with Gasteiger partial charge in [0.05, 0.1) is 11.1 Å². The number of aromatic amines is 1. The summed E-state index contributed by atoms with van der Waals surface area (Å²) in [5, 5.41) is 13.6. The Balaban J connectivity index is 1.45. The van der Waals surface area contributed by atoms with Gasteiger partial charge in [-0.05, 0) is 72.5 Å². The first-order valence-electron chi connectivity index (χ1n) is 12.8. The normalized spacial score (nSPS) is 16.6. The highest BCUT2D eigenvalue weighted by Crippen LogP contribution is 2.37. The molecule has 0 saturated heterocycles. The second-order valence-corrected chi connectivity index (χ2v) is 10.3. The van der Waals surface area contributed by atoms with E-state index in [2.05, 4.69) is 52.3 Å². The maximum absolute atomic E-state index is 13.6. The lowest BCUT2D eigenvalue weighted by molar-refractivity contribution is 0.174. The first-order valence-corrected chi connectivity index (χ1v) is 12.8. The first kappa shape index (κ1) is 24.3. The van der Waals surface area contributed by atoms with Gasteiger partial charge >= 0.3 is 0 Å². The van der Waals surface area contributed by atoms with Crippen LogP contribution in [0.5, 0.6) is 11.5 Å². The third kappa shape index (κ3) is 4.24. The van der Waals surface area contributed by atoms with Crippen LogP contribution in [0.3, 0.4) is 0 Å². The maximum atomic E-state index is 13.6. The van der Waals surface area contributed by atoms with E-state index in [1.807, 2.05) is 16.8 Å². The van der Waals surface area contributed by atoms with Crippen LogP contribution >= 0.6 is 0 Å². The number of rotatable bonds is 6. The monoisotopic (exact) mass is 516 g/mol. The van der Waals surface area contributed by atoms with E-state index >= 15 is 0 Å². The van der Waals surface area contributed by atoms with Crippen LogP contribution in [-0.4, -0.2) is 50.0 Å². The Kier molecular flexibility index (Phi) is 5.98. The van der Waals surface area contributed by atoms with Crippen LogP contribution in [0, 0.1) is 5.82 Å². The van der Waals surface area contributed by atoms with Crippen molar-refractivity contribution >= 4 is 16.5 Å². The molecule has 2 aliphatic heterocycles. The van der Waals surface area contributed by atoms with Crippen molar-refractivity contribution in [1.82, 2.24) is 30.1 Å². The molecule has 0 bridgehead atoms. The number of H-pyrrole nitrogens is 1. The summed E-state index contributed by atoms with van der Waals surface area (Å²) in [5.41, 5.74) is 2.81. The minimum Gasteiger partial charge on any atom is -0.454 e. The van der Waals surface area contributed by atoms with E-state index in [1.54, 1.807) is 18.2 Å². The van der Waals surface area contributed by atoms with Crippen LogP contribution in [0.4, 0.5) is 4.39 Å². The molecule has 0 aliphatic carbocycles. The molecule has 4 heterocycles. The number of nitrogens with zero attached hydrogens (tertiary/aromatic N) is 5. The van der Waals surface area contributed by atoms with Crippen molar-refractivity contribution in [2.24, 2.45) is 0 Å². The number of halogens is 1. The van der Waals surface area contributed by atoms with Gasteiger partial charge in [0, 0.05) is 30.1 Å². The molecule has 1 N–H and O–H groups in total. The van der Waals surface area contributed by atoms with Gasteiger partial charge in [-0.25, -0.2) is 9.07 Å². The van der Waals surface area contributed by atoms with Crippen LogP contribution < -0.4 is 15.0 Å². The highest BCUT2D eigenvalue weighted by molar-refractivity contribution is 5.83. The molecule has 9 nitrogen and oxygen atoms in total. The van der Waals surface area contributed by atoms with Crippen molar-refractivity contribution in [3.05, 3.63) is 81.7 Å². The Bertz CT molecular complexity index is 1590. The van der Waals surface area contributed by atoms with E-state index in [9.17, 15) is 9.18 Å². The summed E-state index contributed by atoms with van der Waals surface area (Å²) in [6, 6.07) is 11.7. The molecule has 0 fully saturated rings. The lowest BCUT2D eigenvalue weighted by atomic mass is 9.95. The molecule has 196 valence electrons. The Morgan fingerprint density at radius 2 is 1.89 bits per heavy atom. The number of ether oxygens (including phenoxy) is 2. The van der Waals surface area contributed by atoms with Crippen LogP contribution in [-0.2, 0) is 5.54 Å². The molecule has 0 saturated carbocycles. The summed E-state index contributed by atoms with van der Waals surface area (Å²) < 4.78 is 26.3. The van der Waals surface area contributed by atoms with Gasteiger partial charge in [0.1, 0.15) is 11.9 Å². The van der Waals surface area contributed by atoms with Crippen LogP contribution in [0.15, 0.2) is 53.3 Å². The summed E-state index contributed by atoms with van der Waals surface area (Å²) in [6.07, 6.45) is 3.69. The average molecular weight is 517 g/mol. The quantitative estimate of drug-likeness (QED) is 0.405. The molecule has 2 aromatic carbocycles. The lowest BCUT2D eigenvalue weighted by Crippen LogP contribution is -2.40. The fraction of sp³-hybridized carbons (Fsp3) is 0.357. The van der Waals surface area contributed by atoms with Crippen molar-refractivity contribution in [2.75, 3.05) is 19.9 Å². The van der Waals surface area contributed by atoms with Crippen LogP contribution in [0.25, 0.3) is 16.5 Å². The SMILES string of the molecule is CCC(C)(C)n1nnnc1[C@@H](c1cc2cc3c(cc2[nH]c1=O)OCO3)N1CC=C(c2ccc(F)cc2)CC1. The minimum atomic E-state index is -0.486. The molecule has 0 radical (unpaired) electrons. The Morgan fingerprint density at radius 1 is 1.13 bits per heavy atom. The van der Waals surface area contributed by atoms with Crippen molar-refractivity contribution in [2.45, 2.75) is 45.2 Å². The predicted octanol–water partition coefficient (Wildman–Crippen LogP) is 4.41. The molecule has 4 aromatic rings. The number of fused-ring (bicyclic) bond motifs is 2. The zero-order valence-electron chi connectivity index (χ0n) is 21.6. The Hall–Kier alpha value is -4.05. The van der Waals surface area contributed by atoms with Crippen molar-refractivity contribution in [3.63, 3.8) is 0 Å². The van der Waals surface area contributed by atoms with Crippen molar-refractivity contribution < 1.29 is 13.9 Å². The number of benzene rings is 2. The second-order valence-electron chi connectivity index (χ2n) is 10.3. The fourth-order valence-corrected chi connectivity index (χ4v) is 5.11. The number of hydrogen-bond acceptors (Lipinski definition) is 7. The van der Waals surface area contributed by atoms with Crippen LogP contribution in [0.2, 0.25) is 0 Å². The number of tetrazole rings is 1. The van der Waals surface area contributed by atoms with Crippen molar-refractivity contribution in [1.29, 1.82) is 0 Å². The summed E-state index contributed by atoms with van der Waals surface area (Å²) >= 11 is 0. The zero-order chi connectivity index (χ0) is 26.4. The highest BCUT2D eigenvalue weighted by Gasteiger charge is 2.35. The van der Waals surface area contributed by atoms with Gasteiger partial charge in [0.2, 0.25) is 6.79 Å². The number of aromatic nitrogens is 5. The topological polar surface area (TPSA) is 98.2 Å². The summed E-state index contributed by atoms with van der Waals surface area (Å²) in [7, 11) is 0. The highest BCUT2D eigenvalue weighted by atomic mass is 19.1. The first-order chi connectivity index (χ1) is 18.3. The molecule has 38 heavy (non-hydrogen) atoms. The smallest absolute Gasteiger partial charge is 0.253 e. The number of hydrogen-bond donors (Lipinski definition) is 1. The Morgan fingerprint density at radius 3 is 2.61 bits per heavy atom. The molecular weight excluding hydrogens is 487 g/mol. The van der Waals surface area contributed by atoms with Crippen LogP contribution in [0.1, 0.15) is 56.6 Å². The van der Waals surface area contributed by atoms with Gasteiger partial charge in [-0.3, -0.25) is 9.69 Å². The molecule has 6 rings (SSSR count). The molecular formula is C28H29FN6O3. The van der Waals surface area contributed by atoms with E-state index in [-0.39, 0.29) is 23.7 Å². The van der Waals surface area contributed by atoms with Gasteiger partial charge in [-0.1, -0.05) is 25.1 Å². The fourth-order valence-electron chi connectivity index (χ4n) is 5.11. The maximum Gasteiger partial charge on any atom is 0.253 e. The van der Waals surface area contributed by atoms with E-state index in [0.717, 1.165) is 29.4 Å². The molecule has 2 aromatic heterocycles. The standard InChI is InChI=1S/C28H29FN6O3/c1-4-28(2,3)35-26(31-32-33-35)25(34-11-9-18(10-12-34)17-5-7-20(29)8-6-17)21-13-19-14-23-24(38-16-37-23)15-22(19)30-27(21)36/h5-9,13-15,25H,4,10-12,16H2,1-3H3,(H,30,36)/t25-/m1/s1. The third-order valence-corrected chi connectivity index (χ3v) is 7.66. The van der Waals surface area contributed by atoms with Gasteiger partial charge < -0.3 is 14.5 Å². The molecule has 2 aliphatic rings. The van der Waals surface area contributed by atoms with E-state index < -0.39 is 6.04 Å². The largest absolute Gasteiger partial charge is 0.454 e. The summed E-state index contributed by atoms with van der Waals surface area (Å²) in [4.78, 5) is 18.8. The van der Waals surface area contributed by atoms with Gasteiger partial charge in [0.25, 0.3) is 5.56 Å². The Labute approximate surface area is 218 Å². The summed E-state index contributed by atoms with van der Waals surface area (Å²) in [5.74, 6) is 1.62. The molecule has 1 atom stereocenters. The number of pyridine rings is 1. The van der Waals surface area contributed by atoms with E-state index in [4.69, 9.17) is 9.47 Å². The zero-order valence-corrected chi connectivity index (χ0v) is 21.6. The van der Waals surface area contributed by atoms with Gasteiger partial charge in [0.15, 0.2) is 17.3 Å². The molecule has 0 spiro atoms.